The van der Waals surface area contributed by atoms with E-state index in [-0.39, 0.29) is 6.04 Å². The summed E-state index contributed by atoms with van der Waals surface area (Å²) < 4.78 is 0. The molecule has 0 aromatic carbocycles. The van der Waals surface area contributed by atoms with Gasteiger partial charge < -0.3 is 14.9 Å². The van der Waals surface area contributed by atoms with Gasteiger partial charge in [-0.3, -0.25) is 10.1 Å². The highest BCUT2D eigenvalue weighted by atomic mass is 16.4. The number of nitrogens with zero attached hydrogens (tertiary/aromatic N) is 2. The average Bonchev–Trinajstić information content (AvgIpc) is 2.71. The van der Waals surface area contributed by atoms with Crippen LogP contribution in [0.5, 0.6) is 0 Å². The van der Waals surface area contributed by atoms with Gasteiger partial charge >= 0.3 is 5.97 Å². The quantitative estimate of drug-likeness (QED) is 0.703. The van der Waals surface area contributed by atoms with Crippen molar-refractivity contribution in [3.63, 3.8) is 0 Å². The van der Waals surface area contributed by atoms with Gasteiger partial charge in [0.1, 0.15) is 5.54 Å². The number of aliphatic carboxylic acids is 1. The predicted molar refractivity (Wildman–Crippen MR) is 82.1 cm³/mol. The first-order valence-corrected chi connectivity index (χ1v) is 7.64. The van der Waals surface area contributed by atoms with Gasteiger partial charge in [0.2, 0.25) is 0 Å². The molecule has 1 saturated heterocycles. The summed E-state index contributed by atoms with van der Waals surface area (Å²) in [5, 5.41) is 12.6. The Labute approximate surface area is 123 Å². The van der Waals surface area contributed by atoms with Crippen molar-refractivity contribution in [3.05, 3.63) is 0 Å². The SMILES string of the molecule is CC(C)NC(C)(CCN(C)CC1CCCN1C)C(=O)O. The molecule has 0 spiro atoms. The minimum Gasteiger partial charge on any atom is -0.480 e. The van der Waals surface area contributed by atoms with E-state index < -0.39 is 11.5 Å². The van der Waals surface area contributed by atoms with Gasteiger partial charge in [-0.05, 0) is 60.7 Å². The third-order valence-corrected chi connectivity index (χ3v) is 4.27. The number of rotatable bonds is 8. The number of hydrogen-bond acceptors (Lipinski definition) is 4. The number of likely N-dealkylation sites (tertiary alicyclic amines) is 1. The van der Waals surface area contributed by atoms with Crippen LogP contribution in [0.1, 0.15) is 40.0 Å². The molecule has 1 heterocycles. The lowest BCUT2D eigenvalue weighted by Crippen LogP contribution is -2.54. The Morgan fingerprint density at radius 3 is 2.65 bits per heavy atom. The van der Waals surface area contributed by atoms with E-state index in [1.807, 2.05) is 13.8 Å². The lowest BCUT2D eigenvalue weighted by molar-refractivity contribution is -0.144. The summed E-state index contributed by atoms with van der Waals surface area (Å²) in [6.45, 7) is 8.75. The molecule has 20 heavy (non-hydrogen) atoms. The zero-order valence-electron chi connectivity index (χ0n) is 13.6. The van der Waals surface area contributed by atoms with E-state index >= 15 is 0 Å². The standard InChI is InChI=1S/C15H31N3O2/c1-12(2)16-15(3,14(19)20)8-10-17(4)11-13-7-6-9-18(13)5/h12-13,16H,6-11H2,1-5H3,(H,19,20). The molecule has 0 saturated carbocycles. The maximum absolute atomic E-state index is 11.5. The molecule has 1 aliphatic heterocycles. The van der Waals surface area contributed by atoms with E-state index in [0.717, 1.165) is 13.1 Å². The van der Waals surface area contributed by atoms with Gasteiger partial charge in [-0.15, -0.1) is 0 Å². The Bertz CT molecular complexity index is 322. The second kappa shape index (κ2) is 7.38. The van der Waals surface area contributed by atoms with Crippen molar-refractivity contribution >= 4 is 5.97 Å². The van der Waals surface area contributed by atoms with Gasteiger partial charge in [0, 0.05) is 25.2 Å². The highest BCUT2D eigenvalue weighted by Crippen LogP contribution is 2.17. The van der Waals surface area contributed by atoms with Gasteiger partial charge in [-0.25, -0.2) is 0 Å². The van der Waals surface area contributed by atoms with Crippen molar-refractivity contribution in [2.24, 2.45) is 0 Å². The lowest BCUT2D eigenvalue weighted by Gasteiger charge is -2.32. The molecule has 5 heteroatoms. The van der Waals surface area contributed by atoms with Crippen molar-refractivity contribution in [1.82, 2.24) is 15.1 Å². The summed E-state index contributed by atoms with van der Waals surface area (Å²) in [6, 6.07) is 0.788. The molecule has 0 amide bonds. The summed E-state index contributed by atoms with van der Waals surface area (Å²) in [6.07, 6.45) is 3.14. The van der Waals surface area contributed by atoms with Crippen LogP contribution in [0.25, 0.3) is 0 Å². The van der Waals surface area contributed by atoms with Crippen molar-refractivity contribution in [1.29, 1.82) is 0 Å². The summed E-state index contributed by atoms with van der Waals surface area (Å²) in [7, 11) is 4.26. The second-order valence-electron chi connectivity index (χ2n) is 6.73. The van der Waals surface area contributed by atoms with Crippen LogP contribution in [0.2, 0.25) is 0 Å². The largest absolute Gasteiger partial charge is 0.480 e. The number of likely N-dealkylation sites (N-methyl/N-ethyl adjacent to an activating group) is 2. The van der Waals surface area contributed by atoms with Crippen LogP contribution in [0.15, 0.2) is 0 Å². The fraction of sp³-hybridized carbons (Fsp3) is 0.933. The second-order valence-corrected chi connectivity index (χ2v) is 6.73. The Morgan fingerprint density at radius 2 is 2.20 bits per heavy atom. The van der Waals surface area contributed by atoms with Crippen molar-refractivity contribution in [3.8, 4) is 0 Å². The van der Waals surface area contributed by atoms with E-state index in [4.69, 9.17) is 0 Å². The molecule has 0 aromatic heterocycles. The van der Waals surface area contributed by atoms with Gasteiger partial charge in [0.25, 0.3) is 0 Å². The Kier molecular flexibility index (Phi) is 6.43. The van der Waals surface area contributed by atoms with Gasteiger partial charge in [-0.1, -0.05) is 0 Å². The van der Waals surface area contributed by atoms with Crippen LogP contribution >= 0.6 is 0 Å². The minimum absolute atomic E-state index is 0.169. The third-order valence-electron chi connectivity index (χ3n) is 4.27. The molecular formula is C15H31N3O2. The van der Waals surface area contributed by atoms with E-state index in [9.17, 15) is 9.90 Å². The molecule has 5 nitrogen and oxygen atoms in total. The number of carboxylic acid groups (broad SMARTS) is 1. The van der Waals surface area contributed by atoms with Crippen molar-refractivity contribution in [2.75, 3.05) is 33.7 Å². The number of nitrogens with one attached hydrogen (secondary N) is 1. The van der Waals surface area contributed by atoms with Crippen LogP contribution < -0.4 is 5.32 Å². The smallest absolute Gasteiger partial charge is 0.323 e. The average molecular weight is 285 g/mol. The van der Waals surface area contributed by atoms with Gasteiger partial charge in [0.15, 0.2) is 0 Å². The first-order valence-electron chi connectivity index (χ1n) is 7.64. The summed E-state index contributed by atoms with van der Waals surface area (Å²) in [5.74, 6) is -0.766. The lowest BCUT2D eigenvalue weighted by atomic mass is 9.96. The molecule has 2 atom stereocenters. The molecule has 2 N–H and O–H groups in total. The molecule has 1 rings (SSSR count). The highest BCUT2D eigenvalue weighted by molar-refractivity contribution is 5.78. The number of carbonyl (C=O) groups is 1. The number of hydrogen-bond donors (Lipinski definition) is 2. The van der Waals surface area contributed by atoms with Crippen LogP contribution in [0.4, 0.5) is 0 Å². The molecule has 0 radical (unpaired) electrons. The first-order chi connectivity index (χ1) is 9.24. The first kappa shape index (κ1) is 17.4. The molecule has 2 unspecified atom stereocenters. The topological polar surface area (TPSA) is 55.8 Å². The third kappa shape index (κ3) is 5.04. The summed E-state index contributed by atoms with van der Waals surface area (Å²) >= 11 is 0. The van der Waals surface area contributed by atoms with E-state index in [1.165, 1.54) is 19.4 Å². The van der Waals surface area contributed by atoms with E-state index in [2.05, 4.69) is 29.2 Å². The molecule has 0 aromatic rings. The van der Waals surface area contributed by atoms with E-state index in [1.54, 1.807) is 6.92 Å². The fourth-order valence-corrected chi connectivity index (χ4v) is 2.95. The molecule has 1 aliphatic rings. The highest BCUT2D eigenvalue weighted by Gasteiger charge is 2.33. The maximum Gasteiger partial charge on any atom is 0.323 e. The van der Waals surface area contributed by atoms with Crippen LogP contribution in [0, 0.1) is 0 Å². The van der Waals surface area contributed by atoms with Crippen molar-refractivity contribution < 1.29 is 9.90 Å². The van der Waals surface area contributed by atoms with Gasteiger partial charge in [0.05, 0.1) is 0 Å². The Balaban J connectivity index is 2.44. The molecule has 1 fully saturated rings. The number of carboxylic acids is 1. The Hall–Kier alpha value is -0.650. The fourth-order valence-electron chi connectivity index (χ4n) is 2.95. The molecule has 0 aliphatic carbocycles. The molecular weight excluding hydrogens is 254 g/mol. The molecule has 0 bridgehead atoms. The van der Waals surface area contributed by atoms with Crippen molar-refractivity contribution in [2.45, 2.75) is 57.7 Å². The minimum atomic E-state index is -0.843. The summed E-state index contributed by atoms with van der Waals surface area (Å²) in [4.78, 5) is 16.1. The zero-order chi connectivity index (χ0) is 15.3. The maximum atomic E-state index is 11.5. The Morgan fingerprint density at radius 1 is 1.55 bits per heavy atom. The van der Waals surface area contributed by atoms with Crippen LogP contribution in [-0.4, -0.2) is 72.2 Å². The van der Waals surface area contributed by atoms with Gasteiger partial charge in [-0.2, -0.15) is 0 Å². The zero-order valence-corrected chi connectivity index (χ0v) is 13.6. The van der Waals surface area contributed by atoms with Crippen LogP contribution in [-0.2, 0) is 4.79 Å². The summed E-state index contributed by atoms with van der Waals surface area (Å²) in [5.41, 5.74) is -0.843. The van der Waals surface area contributed by atoms with Crippen LogP contribution in [0.3, 0.4) is 0 Å². The van der Waals surface area contributed by atoms with E-state index in [0.29, 0.717) is 12.5 Å². The molecule has 118 valence electrons. The monoisotopic (exact) mass is 285 g/mol. The normalized spacial score (nSPS) is 23.4. The predicted octanol–water partition coefficient (Wildman–Crippen LogP) is 1.24.